The lowest BCUT2D eigenvalue weighted by molar-refractivity contribution is -0.148. The maximum absolute atomic E-state index is 13.0. The van der Waals surface area contributed by atoms with E-state index >= 15 is 0 Å². The van der Waals surface area contributed by atoms with Gasteiger partial charge in [0.25, 0.3) is 5.56 Å². The van der Waals surface area contributed by atoms with Crippen LogP contribution in [0.15, 0.2) is 38.3 Å². The molecule has 0 spiro atoms. The van der Waals surface area contributed by atoms with E-state index in [1.54, 1.807) is 18.5 Å². The maximum Gasteiger partial charge on any atom is 0.332 e. The van der Waals surface area contributed by atoms with Crippen molar-refractivity contribution in [3.63, 3.8) is 0 Å². The van der Waals surface area contributed by atoms with Gasteiger partial charge in [0, 0.05) is 31.5 Å². The summed E-state index contributed by atoms with van der Waals surface area (Å²) in [6.45, 7) is 4.38. The van der Waals surface area contributed by atoms with Crippen LogP contribution in [0.3, 0.4) is 0 Å². The smallest absolute Gasteiger partial charge is 0.332 e. The molecule has 0 saturated heterocycles. The Morgan fingerprint density at radius 1 is 1.20 bits per heavy atom. The Kier molecular flexibility index (Phi) is 6.60. The lowest BCUT2D eigenvalue weighted by atomic mass is 10.0. The number of carbonyl (C=O) groups is 1. The first-order valence-corrected chi connectivity index (χ1v) is 10.6. The van der Waals surface area contributed by atoms with E-state index in [2.05, 4.69) is 20.9 Å². The standard InChI is InChI=1S/C21H25BrN4O4/c1-5-14(20(28)30-6-2)11-16-23-18-17(19(27)25(4)21(29)24(18)3)26(16)12-13-8-7-9-15(22)10-13/h7-10,14H,5-6,11-12H2,1-4H3. The number of ether oxygens (including phenoxy) is 1. The van der Waals surface area contributed by atoms with E-state index in [9.17, 15) is 14.4 Å². The molecule has 30 heavy (non-hydrogen) atoms. The van der Waals surface area contributed by atoms with Crippen LogP contribution in [0.4, 0.5) is 0 Å². The molecule has 2 aromatic heterocycles. The van der Waals surface area contributed by atoms with Crippen LogP contribution in [-0.2, 0) is 36.6 Å². The van der Waals surface area contributed by atoms with E-state index in [1.165, 1.54) is 11.6 Å². The Labute approximate surface area is 182 Å². The van der Waals surface area contributed by atoms with Crippen LogP contribution in [-0.4, -0.2) is 31.3 Å². The molecule has 1 aromatic carbocycles. The largest absolute Gasteiger partial charge is 0.466 e. The lowest BCUT2D eigenvalue weighted by Gasteiger charge is -2.15. The predicted molar refractivity (Wildman–Crippen MR) is 118 cm³/mol. The number of halogens is 1. The number of benzene rings is 1. The average Bonchev–Trinajstić information content (AvgIpc) is 3.07. The minimum absolute atomic E-state index is 0.289. The molecule has 9 heteroatoms. The SMILES string of the molecule is CCOC(=O)C(CC)Cc1nc2c(c(=O)n(C)c(=O)n2C)n1Cc1cccc(Br)c1. The van der Waals surface area contributed by atoms with Gasteiger partial charge in [0.2, 0.25) is 0 Å². The summed E-state index contributed by atoms with van der Waals surface area (Å²) in [7, 11) is 3.04. The first kappa shape index (κ1) is 22.0. The average molecular weight is 477 g/mol. The zero-order chi connectivity index (χ0) is 22.0. The van der Waals surface area contributed by atoms with Crippen LogP contribution in [0.1, 0.15) is 31.7 Å². The Bertz CT molecular complexity index is 1210. The van der Waals surface area contributed by atoms with E-state index < -0.39 is 11.2 Å². The lowest BCUT2D eigenvalue weighted by Crippen LogP contribution is -2.37. The molecular weight excluding hydrogens is 452 g/mol. The van der Waals surface area contributed by atoms with Crippen LogP contribution in [0.5, 0.6) is 0 Å². The van der Waals surface area contributed by atoms with Crippen LogP contribution in [0.2, 0.25) is 0 Å². The van der Waals surface area contributed by atoms with E-state index in [0.29, 0.717) is 43.0 Å². The fraction of sp³-hybridized carbons (Fsp3) is 0.429. The Morgan fingerprint density at radius 3 is 2.57 bits per heavy atom. The summed E-state index contributed by atoms with van der Waals surface area (Å²) >= 11 is 3.47. The molecule has 8 nitrogen and oxygen atoms in total. The second-order valence-electron chi connectivity index (χ2n) is 7.18. The van der Waals surface area contributed by atoms with E-state index in [4.69, 9.17) is 4.74 Å². The third-order valence-electron chi connectivity index (χ3n) is 5.20. The van der Waals surface area contributed by atoms with Gasteiger partial charge in [-0.05, 0) is 31.0 Å². The first-order valence-electron chi connectivity index (χ1n) is 9.84. The molecule has 0 bridgehead atoms. The van der Waals surface area contributed by atoms with Crippen molar-refractivity contribution in [2.24, 2.45) is 20.0 Å². The topological polar surface area (TPSA) is 88.1 Å². The fourth-order valence-electron chi connectivity index (χ4n) is 3.51. The Morgan fingerprint density at radius 2 is 1.93 bits per heavy atom. The van der Waals surface area contributed by atoms with Crippen LogP contribution in [0, 0.1) is 5.92 Å². The highest BCUT2D eigenvalue weighted by Gasteiger charge is 2.25. The summed E-state index contributed by atoms with van der Waals surface area (Å²) in [5.74, 6) is -0.102. The molecule has 1 unspecified atom stereocenters. The van der Waals surface area contributed by atoms with Gasteiger partial charge in [0.1, 0.15) is 5.82 Å². The number of nitrogens with zero attached hydrogens (tertiary/aromatic N) is 4. The van der Waals surface area contributed by atoms with E-state index in [0.717, 1.165) is 14.6 Å². The highest BCUT2D eigenvalue weighted by molar-refractivity contribution is 9.10. The zero-order valence-electron chi connectivity index (χ0n) is 17.5. The molecule has 2 heterocycles. The van der Waals surface area contributed by atoms with Gasteiger partial charge in [0.15, 0.2) is 11.2 Å². The number of hydrogen-bond acceptors (Lipinski definition) is 5. The Hall–Kier alpha value is -2.68. The number of hydrogen-bond donors (Lipinski definition) is 0. The van der Waals surface area contributed by atoms with Crippen molar-refractivity contribution in [3.8, 4) is 0 Å². The summed E-state index contributed by atoms with van der Waals surface area (Å²) in [6.07, 6.45) is 0.894. The van der Waals surface area contributed by atoms with Crippen molar-refractivity contribution < 1.29 is 9.53 Å². The summed E-state index contributed by atoms with van der Waals surface area (Å²) in [4.78, 5) is 42.3. The third-order valence-corrected chi connectivity index (χ3v) is 5.69. The van der Waals surface area contributed by atoms with Crippen molar-refractivity contribution in [1.82, 2.24) is 18.7 Å². The Balaban J connectivity index is 2.21. The summed E-state index contributed by atoms with van der Waals surface area (Å²) < 4.78 is 10.4. The number of imidazole rings is 1. The zero-order valence-corrected chi connectivity index (χ0v) is 19.1. The molecule has 3 rings (SSSR count). The number of fused-ring (bicyclic) bond motifs is 1. The van der Waals surface area contributed by atoms with Gasteiger partial charge < -0.3 is 9.30 Å². The maximum atomic E-state index is 13.0. The van der Waals surface area contributed by atoms with Crippen molar-refractivity contribution in [2.45, 2.75) is 33.2 Å². The van der Waals surface area contributed by atoms with Crippen LogP contribution >= 0.6 is 15.9 Å². The summed E-state index contributed by atoms with van der Waals surface area (Å²) in [5.41, 5.74) is 0.764. The summed E-state index contributed by atoms with van der Waals surface area (Å²) in [6, 6.07) is 7.76. The minimum Gasteiger partial charge on any atom is -0.466 e. The van der Waals surface area contributed by atoms with Gasteiger partial charge in [-0.3, -0.25) is 18.7 Å². The van der Waals surface area contributed by atoms with E-state index in [1.807, 2.05) is 31.2 Å². The highest BCUT2D eigenvalue weighted by atomic mass is 79.9. The second kappa shape index (κ2) is 8.99. The van der Waals surface area contributed by atoms with Gasteiger partial charge >= 0.3 is 11.7 Å². The molecule has 0 aliphatic carbocycles. The van der Waals surface area contributed by atoms with Gasteiger partial charge in [-0.2, -0.15) is 0 Å². The van der Waals surface area contributed by atoms with Gasteiger partial charge in [0.05, 0.1) is 12.5 Å². The van der Waals surface area contributed by atoms with Gasteiger partial charge in [-0.15, -0.1) is 0 Å². The predicted octanol–water partition coefficient (Wildman–Crippen LogP) is 2.38. The normalized spacial score (nSPS) is 12.3. The molecule has 0 aliphatic heterocycles. The number of carbonyl (C=O) groups excluding carboxylic acids is 1. The fourth-order valence-corrected chi connectivity index (χ4v) is 3.96. The number of aryl methyl sites for hydroxylation is 1. The first-order chi connectivity index (χ1) is 14.3. The van der Waals surface area contributed by atoms with Crippen LogP contribution in [0.25, 0.3) is 11.2 Å². The molecule has 0 amide bonds. The molecule has 0 aliphatic rings. The van der Waals surface area contributed by atoms with Gasteiger partial charge in [-0.1, -0.05) is 35.0 Å². The monoisotopic (exact) mass is 476 g/mol. The second-order valence-corrected chi connectivity index (χ2v) is 8.10. The van der Waals surface area contributed by atoms with E-state index in [-0.39, 0.29) is 11.9 Å². The molecule has 0 N–H and O–H groups in total. The molecule has 3 aromatic rings. The third kappa shape index (κ3) is 4.12. The van der Waals surface area contributed by atoms with Crippen molar-refractivity contribution in [3.05, 3.63) is 61.0 Å². The highest BCUT2D eigenvalue weighted by Crippen LogP contribution is 2.20. The van der Waals surface area contributed by atoms with Crippen molar-refractivity contribution >= 4 is 33.1 Å². The quantitative estimate of drug-likeness (QED) is 0.488. The molecular formula is C21H25BrN4O4. The van der Waals surface area contributed by atoms with Crippen LogP contribution < -0.4 is 11.2 Å². The molecule has 0 saturated carbocycles. The van der Waals surface area contributed by atoms with Gasteiger partial charge in [-0.25, -0.2) is 9.78 Å². The number of esters is 1. The minimum atomic E-state index is -0.441. The summed E-state index contributed by atoms with van der Waals surface area (Å²) in [5, 5.41) is 0. The molecule has 0 radical (unpaired) electrons. The van der Waals surface area contributed by atoms with Crippen molar-refractivity contribution in [2.75, 3.05) is 6.61 Å². The number of aromatic nitrogens is 4. The number of rotatable bonds is 7. The molecule has 0 fully saturated rings. The van der Waals surface area contributed by atoms with Crippen molar-refractivity contribution in [1.29, 1.82) is 0 Å². The molecule has 160 valence electrons. The molecule has 1 atom stereocenters.